The predicted octanol–water partition coefficient (Wildman–Crippen LogP) is 6.01. The van der Waals surface area contributed by atoms with Crippen molar-refractivity contribution in [2.45, 2.75) is 25.5 Å². The number of amides is 1. The fraction of sp³-hybridized carbons (Fsp3) is 0.261. The summed E-state index contributed by atoms with van der Waals surface area (Å²) >= 11 is 13.2. The van der Waals surface area contributed by atoms with E-state index in [1.165, 1.54) is 17.4 Å². The lowest BCUT2D eigenvalue weighted by molar-refractivity contribution is -0.113. The standard InChI is InChI=1S/C23H25Cl2N5OS/c1-4-13-30-22(16-7-10-18(11-8-16)29(5-2)6-3)27-28-23(30)32-15-21(31)26-17-9-12-19(24)20(25)14-17/h4,7-12,14H,1,5-6,13,15H2,2-3H3,(H,26,31). The number of nitrogens with zero attached hydrogens (tertiary/aromatic N) is 4. The van der Waals surface area contributed by atoms with Crippen LogP contribution in [0, 0.1) is 0 Å². The lowest BCUT2D eigenvalue weighted by atomic mass is 10.2. The molecule has 6 nitrogen and oxygen atoms in total. The van der Waals surface area contributed by atoms with E-state index in [1.807, 2.05) is 16.7 Å². The number of rotatable bonds is 10. The summed E-state index contributed by atoms with van der Waals surface area (Å²) in [7, 11) is 0. The van der Waals surface area contributed by atoms with E-state index in [0.29, 0.717) is 27.4 Å². The first-order valence-corrected chi connectivity index (χ1v) is 12.0. The van der Waals surface area contributed by atoms with E-state index < -0.39 is 0 Å². The van der Waals surface area contributed by atoms with Crippen molar-refractivity contribution in [2.75, 3.05) is 29.1 Å². The van der Waals surface area contributed by atoms with Crippen molar-refractivity contribution in [1.29, 1.82) is 0 Å². The van der Waals surface area contributed by atoms with Gasteiger partial charge in [-0.3, -0.25) is 9.36 Å². The molecule has 168 valence electrons. The van der Waals surface area contributed by atoms with Crippen molar-refractivity contribution in [3.05, 3.63) is 65.2 Å². The molecule has 0 aliphatic carbocycles. The van der Waals surface area contributed by atoms with Crippen LogP contribution in [-0.2, 0) is 11.3 Å². The van der Waals surface area contributed by atoms with Gasteiger partial charge in [0, 0.05) is 36.6 Å². The molecule has 1 N–H and O–H groups in total. The first kappa shape index (κ1) is 24.2. The molecule has 0 unspecified atom stereocenters. The SMILES string of the molecule is C=CCn1c(SCC(=O)Nc2ccc(Cl)c(Cl)c2)nnc1-c1ccc(N(CC)CC)cc1. The van der Waals surface area contributed by atoms with Crippen LogP contribution in [0.2, 0.25) is 10.0 Å². The van der Waals surface area contributed by atoms with Gasteiger partial charge in [-0.05, 0) is 56.3 Å². The zero-order valence-electron chi connectivity index (χ0n) is 18.0. The van der Waals surface area contributed by atoms with Crippen LogP contribution < -0.4 is 10.2 Å². The van der Waals surface area contributed by atoms with Crippen LogP contribution in [-0.4, -0.2) is 39.5 Å². The zero-order valence-corrected chi connectivity index (χ0v) is 20.3. The van der Waals surface area contributed by atoms with Crippen LogP contribution in [0.15, 0.2) is 60.3 Å². The third-order valence-corrected chi connectivity index (χ3v) is 6.52. The predicted molar refractivity (Wildman–Crippen MR) is 135 cm³/mol. The van der Waals surface area contributed by atoms with E-state index >= 15 is 0 Å². The minimum absolute atomic E-state index is 0.174. The second-order valence-electron chi connectivity index (χ2n) is 6.89. The first-order chi connectivity index (χ1) is 15.5. The molecule has 9 heteroatoms. The van der Waals surface area contributed by atoms with Gasteiger partial charge in [0.2, 0.25) is 5.91 Å². The number of aromatic nitrogens is 3. The molecule has 0 aliphatic rings. The lowest BCUT2D eigenvalue weighted by Gasteiger charge is -2.21. The normalized spacial score (nSPS) is 10.8. The molecule has 1 heterocycles. The number of thioether (sulfide) groups is 1. The van der Waals surface area contributed by atoms with E-state index in [0.717, 1.165) is 24.5 Å². The summed E-state index contributed by atoms with van der Waals surface area (Å²) in [5, 5.41) is 13.0. The summed E-state index contributed by atoms with van der Waals surface area (Å²) in [5.41, 5.74) is 2.72. The first-order valence-electron chi connectivity index (χ1n) is 10.2. The Morgan fingerprint density at radius 1 is 1.12 bits per heavy atom. The van der Waals surface area contributed by atoms with Crippen LogP contribution in [0.25, 0.3) is 11.4 Å². The van der Waals surface area contributed by atoms with Gasteiger partial charge in [-0.1, -0.05) is 41.0 Å². The van der Waals surface area contributed by atoms with Crippen molar-refractivity contribution < 1.29 is 4.79 Å². The number of carbonyl (C=O) groups is 1. The quantitative estimate of drug-likeness (QED) is 0.278. The topological polar surface area (TPSA) is 63.1 Å². The lowest BCUT2D eigenvalue weighted by Crippen LogP contribution is -2.21. The van der Waals surface area contributed by atoms with Gasteiger partial charge in [0.05, 0.1) is 15.8 Å². The Labute approximate surface area is 202 Å². The molecule has 0 saturated heterocycles. The highest BCUT2D eigenvalue weighted by atomic mass is 35.5. The highest BCUT2D eigenvalue weighted by Crippen LogP contribution is 2.27. The van der Waals surface area contributed by atoms with E-state index in [4.69, 9.17) is 23.2 Å². The second-order valence-corrected chi connectivity index (χ2v) is 8.65. The number of hydrogen-bond donors (Lipinski definition) is 1. The Balaban J connectivity index is 1.72. The van der Waals surface area contributed by atoms with E-state index in [-0.39, 0.29) is 11.7 Å². The Morgan fingerprint density at radius 2 is 1.84 bits per heavy atom. The van der Waals surface area contributed by atoms with Crippen LogP contribution in [0.3, 0.4) is 0 Å². The number of anilines is 2. The van der Waals surface area contributed by atoms with Gasteiger partial charge in [-0.2, -0.15) is 0 Å². The molecule has 3 rings (SSSR count). The van der Waals surface area contributed by atoms with Gasteiger partial charge < -0.3 is 10.2 Å². The molecule has 0 fully saturated rings. The van der Waals surface area contributed by atoms with Crippen LogP contribution in [0.1, 0.15) is 13.8 Å². The van der Waals surface area contributed by atoms with E-state index in [2.05, 4.69) is 53.0 Å². The van der Waals surface area contributed by atoms with Gasteiger partial charge in [0.15, 0.2) is 11.0 Å². The summed E-state index contributed by atoms with van der Waals surface area (Å²) in [6.07, 6.45) is 1.79. The molecule has 32 heavy (non-hydrogen) atoms. The molecule has 0 spiro atoms. The van der Waals surface area contributed by atoms with Gasteiger partial charge in [-0.25, -0.2) is 0 Å². The summed E-state index contributed by atoms with van der Waals surface area (Å²) in [6.45, 7) is 10.6. The molecule has 0 bridgehead atoms. The molecule has 3 aromatic rings. The molecule has 0 radical (unpaired) electrons. The molecule has 0 saturated carbocycles. The van der Waals surface area contributed by atoms with Crippen molar-refractivity contribution in [3.8, 4) is 11.4 Å². The Bertz CT molecular complexity index is 1080. The Hall–Kier alpha value is -2.48. The van der Waals surface area contributed by atoms with Crippen molar-refractivity contribution >= 4 is 52.2 Å². The number of allylic oxidation sites excluding steroid dienone is 1. The summed E-state index contributed by atoms with van der Waals surface area (Å²) in [4.78, 5) is 14.7. The largest absolute Gasteiger partial charge is 0.372 e. The second kappa shape index (κ2) is 11.4. The van der Waals surface area contributed by atoms with Crippen LogP contribution in [0.5, 0.6) is 0 Å². The number of halogens is 2. The van der Waals surface area contributed by atoms with Crippen LogP contribution in [0.4, 0.5) is 11.4 Å². The third kappa shape index (κ3) is 5.85. The average molecular weight is 490 g/mol. The van der Waals surface area contributed by atoms with E-state index in [1.54, 1.807) is 24.3 Å². The Kier molecular flexibility index (Phi) is 8.61. The minimum Gasteiger partial charge on any atom is -0.372 e. The maximum Gasteiger partial charge on any atom is 0.234 e. The molecular formula is C23H25Cl2N5OS. The maximum atomic E-state index is 12.4. The Morgan fingerprint density at radius 3 is 2.47 bits per heavy atom. The minimum atomic E-state index is -0.174. The number of nitrogens with one attached hydrogen (secondary N) is 1. The highest BCUT2D eigenvalue weighted by Gasteiger charge is 2.16. The molecular weight excluding hydrogens is 465 g/mol. The molecule has 0 aliphatic heterocycles. The van der Waals surface area contributed by atoms with Gasteiger partial charge >= 0.3 is 0 Å². The monoisotopic (exact) mass is 489 g/mol. The smallest absolute Gasteiger partial charge is 0.234 e. The molecule has 1 amide bonds. The maximum absolute atomic E-state index is 12.4. The number of benzene rings is 2. The summed E-state index contributed by atoms with van der Waals surface area (Å²) in [5.74, 6) is 0.742. The zero-order chi connectivity index (χ0) is 23.1. The fourth-order valence-electron chi connectivity index (χ4n) is 3.21. The average Bonchev–Trinajstić information content (AvgIpc) is 3.19. The van der Waals surface area contributed by atoms with Gasteiger partial charge in [-0.15, -0.1) is 16.8 Å². The summed E-state index contributed by atoms with van der Waals surface area (Å²) < 4.78 is 1.95. The highest BCUT2D eigenvalue weighted by molar-refractivity contribution is 7.99. The van der Waals surface area contributed by atoms with Crippen molar-refractivity contribution in [3.63, 3.8) is 0 Å². The van der Waals surface area contributed by atoms with Crippen molar-refractivity contribution in [1.82, 2.24) is 14.8 Å². The number of hydrogen-bond acceptors (Lipinski definition) is 5. The van der Waals surface area contributed by atoms with Gasteiger partial charge in [0.25, 0.3) is 0 Å². The fourth-order valence-corrected chi connectivity index (χ4v) is 4.26. The van der Waals surface area contributed by atoms with Crippen LogP contribution >= 0.6 is 35.0 Å². The molecule has 0 atom stereocenters. The van der Waals surface area contributed by atoms with Crippen molar-refractivity contribution in [2.24, 2.45) is 0 Å². The van der Waals surface area contributed by atoms with Gasteiger partial charge in [0.1, 0.15) is 0 Å². The van der Waals surface area contributed by atoms with E-state index in [9.17, 15) is 4.79 Å². The molecule has 2 aromatic carbocycles. The third-order valence-electron chi connectivity index (χ3n) is 4.82. The number of carbonyl (C=O) groups excluding carboxylic acids is 1. The summed E-state index contributed by atoms with van der Waals surface area (Å²) in [6, 6.07) is 13.2. The molecule has 1 aromatic heterocycles.